The number of anilines is 1. The van der Waals surface area contributed by atoms with Crippen LogP contribution in [0.3, 0.4) is 0 Å². The SMILES string of the molecule is COC(=O)C1=C(C)N(c2ccc(Br)cc2)C(=O)/C1=C/c1ccc(C(=O)OC)cc1. The third kappa shape index (κ3) is 4.00. The lowest BCUT2D eigenvalue weighted by atomic mass is 10.0. The molecule has 0 aliphatic carbocycles. The van der Waals surface area contributed by atoms with Crippen molar-refractivity contribution >= 4 is 45.5 Å². The maximum atomic E-state index is 13.2. The first-order chi connectivity index (χ1) is 13.9. The van der Waals surface area contributed by atoms with E-state index in [-0.39, 0.29) is 17.1 Å². The van der Waals surface area contributed by atoms with Gasteiger partial charge in [0.1, 0.15) is 0 Å². The average Bonchev–Trinajstić information content (AvgIpc) is 2.98. The third-order valence-electron chi connectivity index (χ3n) is 4.52. The number of nitrogens with zero attached hydrogens (tertiary/aromatic N) is 1. The van der Waals surface area contributed by atoms with Crippen LogP contribution in [0.4, 0.5) is 5.69 Å². The molecule has 0 fully saturated rings. The van der Waals surface area contributed by atoms with Crippen molar-refractivity contribution in [1.29, 1.82) is 0 Å². The van der Waals surface area contributed by atoms with Gasteiger partial charge in [0.05, 0.1) is 30.9 Å². The third-order valence-corrected chi connectivity index (χ3v) is 5.05. The van der Waals surface area contributed by atoms with E-state index in [1.807, 2.05) is 12.1 Å². The van der Waals surface area contributed by atoms with E-state index in [0.717, 1.165) is 4.47 Å². The molecule has 148 valence electrons. The molecular weight excluding hydrogens is 438 g/mol. The van der Waals surface area contributed by atoms with Crippen LogP contribution in [-0.4, -0.2) is 32.1 Å². The summed E-state index contributed by atoms with van der Waals surface area (Å²) in [6.45, 7) is 1.70. The van der Waals surface area contributed by atoms with E-state index < -0.39 is 11.9 Å². The highest BCUT2D eigenvalue weighted by Gasteiger charge is 2.37. The Morgan fingerprint density at radius 1 is 0.931 bits per heavy atom. The molecule has 0 saturated carbocycles. The van der Waals surface area contributed by atoms with Crippen molar-refractivity contribution in [2.75, 3.05) is 19.1 Å². The maximum Gasteiger partial charge on any atom is 0.340 e. The van der Waals surface area contributed by atoms with Gasteiger partial charge in [-0.1, -0.05) is 28.1 Å². The Bertz CT molecular complexity index is 1040. The van der Waals surface area contributed by atoms with E-state index in [2.05, 4.69) is 20.7 Å². The standard InChI is InChI=1S/C22H18BrNO5/c1-13-19(22(27)29-3)18(12-14-4-6-15(7-5-14)21(26)28-2)20(25)24(13)17-10-8-16(23)9-11-17/h4-12H,1-3H3/b18-12+. The molecule has 2 aromatic carbocycles. The van der Waals surface area contributed by atoms with Crippen LogP contribution in [0.1, 0.15) is 22.8 Å². The van der Waals surface area contributed by atoms with Gasteiger partial charge in [-0.15, -0.1) is 0 Å². The molecule has 6 nitrogen and oxygen atoms in total. The van der Waals surface area contributed by atoms with Crippen LogP contribution in [0, 0.1) is 0 Å². The molecule has 1 aliphatic heterocycles. The highest BCUT2D eigenvalue weighted by molar-refractivity contribution is 9.10. The number of methoxy groups -OCH3 is 2. The van der Waals surface area contributed by atoms with E-state index in [1.54, 1.807) is 49.4 Å². The second kappa shape index (κ2) is 8.45. The number of esters is 2. The van der Waals surface area contributed by atoms with Crippen molar-refractivity contribution in [3.05, 3.63) is 81.0 Å². The summed E-state index contributed by atoms with van der Waals surface area (Å²) in [6, 6.07) is 13.8. The van der Waals surface area contributed by atoms with Gasteiger partial charge in [-0.25, -0.2) is 9.59 Å². The molecular formula is C22H18BrNO5. The van der Waals surface area contributed by atoms with Gasteiger partial charge in [-0.2, -0.15) is 0 Å². The number of allylic oxidation sites excluding steroid dienone is 1. The minimum atomic E-state index is -0.590. The summed E-state index contributed by atoms with van der Waals surface area (Å²) in [5, 5.41) is 0. The van der Waals surface area contributed by atoms with Crippen molar-refractivity contribution in [3.63, 3.8) is 0 Å². The van der Waals surface area contributed by atoms with Gasteiger partial charge in [0.25, 0.3) is 5.91 Å². The molecule has 29 heavy (non-hydrogen) atoms. The van der Waals surface area contributed by atoms with Gasteiger partial charge in [-0.05, 0) is 55.0 Å². The molecule has 0 atom stereocenters. The fourth-order valence-corrected chi connectivity index (χ4v) is 3.35. The average molecular weight is 456 g/mol. The Morgan fingerprint density at radius 2 is 1.52 bits per heavy atom. The molecule has 2 aromatic rings. The lowest BCUT2D eigenvalue weighted by molar-refractivity contribution is -0.136. The van der Waals surface area contributed by atoms with Gasteiger partial charge >= 0.3 is 11.9 Å². The predicted molar refractivity (Wildman–Crippen MR) is 112 cm³/mol. The van der Waals surface area contributed by atoms with Crippen molar-refractivity contribution in [2.24, 2.45) is 0 Å². The molecule has 0 radical (unpaired) electrons. The molecule has 0 saturated heterocycles. The Labute approximate surface area is 176 Å². The first-order valence-corrected chi connectivity index (χ1v) is 9.46. The first-order valence-electron chi connectivity index (χ1n) is 8.67. The van der Waals surface area contributed by atoms with Crippen molar-refractivity contribution < 1.29 is 23.9 Å². The summed E-state index contributed by atoms with van der Waals surface area (Å²) >= 11 is 3.37. The zero-order valence-electron chi connectivity index (χ0n) is 16.1. The number of benzene rings is 2. The van der Waals surface area contributed by atoms with Crippen molar-refractivity contribution in [1.82, 2.24) is 0 Å². The summed E-state index contributed by atoms with van der Waals surface area (Å²) in [4.78, 5) is 38.7. The van der Waals surface area contributed by atoms with Gasteiger partial charge in [0, 0.05) is 15.9 Å². The van der Waals surface area contributed by atoms with Gasteiger partial charge in [-0.3, -0.25) is 9.69 Å². The van der Waals surface area contributed by atoms with E-state index in [4.69, 9.17) is 4.74 Å². The molecule has 3 rings (SSSR count). The van der Waals surface area contributed by atoms with E-state index >= 15 is 0 Å². The zero-order chi connectivity index (χ0) is 21.1. The van der Waals surface area contributed by atoms with E-state index in [0.29, 0.717) is 22.5 Å². The highest BCUT2D eigenvalue weighted by atomic mass is 79.9. The van der Waals surface area contributed by atoms with Crippen LogP contribution in [0.5, 0.6) is 0 Å². The summed E-state index contributed by atoms with van der Waals surface area (Å²) in [6.07, 6.45) is 1.61. The van der Waals surface area contributed by atoms with E-state index in [9.17, 15) is 14.4 Å². The summed E-state index contributed by atoms with van der Waals surface area (Å²) in [7, 11) is 2.58. The van der Waals surface area contributed by atoms with Crippen molar-refractivity contribution in [2.45, 2.75) is 6.92 Å². The quantitative estimate of drug-likeness (QED) is 0.512. The number of halogens is 1. The molecule has 1 aliphatic rings. The van der Waals surface area contributed by atoms with E-state index in [1.165, 1.54) is 19.1 Å². The lowest BCUT2D eigenvalue weighted by Crippen LogP contribution is -2.24. The normalized spacial score (nSPS) is 15.1. The van der Waals surface area contributed by atoms with Crippen molar-refractivity contribution in [3.8, 4) is 0 Å². The minimum absolute atomic E-state index is 0.206. The monoisotopic (exact) mass is 455 g/mol. The number of carbonyl (C=O) groups excluding carboxylic acids is 3. The van der Waals surface area contributed by atoms with Crippen LogP contribution in [-0.2, 0) is 19.1 Å². The Kier molecular flexibility index (Phi) is 5.98. The molecule has 1 amide bonds. The van der Waals surface area contributed by atoms with Crippen LogP contribution < -0.4 is 4.90 Å². The first kappa shape index (κ1) is 20.5. The molecule has 0 unspecified atom stereocenters. The fourth-order valence-electron chi connectivity index (χ4n) is 3.08. The number of amides is 1. The second-order valence-corrected chi connectivity index (χ2v) is 7.16. The molecule has 0 aromatic heterocycles. The molecule has 7 heteroatoms. The highest BCUT2D eigenvalue weighted by Crippen LogP contribution is 2.35. The molecule has 1 heterocycles. The smallest absolute Gasteiger partial charge is 0.340 e. The topological polar surface area (TPSA) is 72.9 Å². The second-order valence-electron chi connectivity index (χ2n) is 6.24. The Morgan fingerprint density at radius 3 is 2.07 bits per heavy atom. The van der Waals surface area contributed by atoms with Crippen LogP contribution in [0.25, 0.3) is 6.08 Å². The molecule has 0 N–H and O–H groups in total. The number of rotatable bonds is 4. The summed E-state index contributed by atoms with van der Waals surface area (Å²) in [5.41, 5.74) is 2.61. The number of ether oxygens (including phenoxy) is 2. The Balaban J connectivity index is 2.06. The van der Waals surface area contributed by atoms with Crippen LogP contribution in [0.2, 0.25) is 0 Å². The summed E-state index contributed by atoms with van der Waals surface area (Å²) in [5.74, 6) is -1.37. The molecule has 0 bridgehead atoms. The minimum Gasteiger partial charge on any atom is -0.465 e. The maximum absolute atomic E-state index is 13.2. The number of carbonyl (C=O) groups is 3. The summed E-state index contributed by atoms with van der Waals surface area (Å²) < 4.78 is 10.5. The zero-order valence-corrected chi connectivity index (χ0v) is 17.6. The fraction of sp³-hybridized carbons (Fsp3) is 0.136. The number of hydrogen-bond donors (Lipinski definition) is 0. The number of hydrogen-bond acceptors (Lipinski definition) is 5. The van der Waals surface area contributed by atoms with Gasteiger partial charge in [0.2, 0.25) is 0 Å². The molecule has 0 spiro atoms. The van der Waals surface area contributed by atoms with Gasteiger partial charge in [0.15, 0.2) is 0 Å². The lowest BCUT2D eigenvalue weighted by Gasteiger charge is -2.18. The van der Waals surface area contributed by atoms with Crippen LogP contribution in [0.15, 0.2) is 69.8 Å². The largest absolute Gasteiger partial charge is 0.465 e. The predicted octanol–water partition coefficient (Wildman–Crippen LogP) is 4.11. The van der Waals surface area contributed by atoms with Gasteiger partial charge < -0.3 is 9.47 Å². The Hall–Kier alpha value is -3.19. The van der Waals surface area contributed by atoms with Crippen LogP contribution >= 0.6 is 15.9 Å².